The maximum absolute atomic E-state index is 12.7. The summed E-state index contributed by atoms with van der Waals surface area (Å²) in [6.07, 6.45) is 15.7. The number of amides is 1. The molecule has 1 unspecified atom stereocenters. The second kappa shape index (κ2) is 21.1. The monoisotopic (exact) mass is 399 g/mol. The van der Waals surface area contributed by atoms with Crippen molar-refractivity contribution in [2.24, 2.45) is 5.92 Å². The lowest BCUT2D eigenvalue weighted by molar-refractivity contribution is -0.125. The Morgan fingerprint density at radius 3 is 1.79 bits per heavy atom. The van der Waals surface area contributed by atoms with Gasteiger partial charge in [-0.25, -0.2) is 0 Å². The Morgan fingerprint density at radius 2 is 1.29 bits per heavy atom. The fraction of sp³-hybridized carbons (Fsp3) is 0.960. The lowest BCUT2D eigenvalue weighted by Crippen LogP contribution is -2.36. The molecule has 0 rings (SSSR count). The van der Waals surface area contributed by atoms with Crippen molar-refractivity contribution in [3.05, 3.63) is 0 Å². The van der Waals surface area contributed by atoms with Gasteiger partial charge in [-0.05, 0) is 40.0 Å². The number of carbonyl (C=O) groups excluding carboxylic acids is 1. The van der Waals surface area contributed by atoms with Gasteiger partial charge in [0.05, 0.1) is 5.60 Å². The van der Waals surface area contributed by atoms with Gasteiger partial charge in [0.15, 0.2) is 0 Å². The second-order valence-electron chi connectivity index (χ2n) is 8.34. The van der Waals surface area contributed by atoms with Crippen molar-refractivity contribution < 1.29 is 9.53 Å². The molecular weight excluding hydrogens is 346 g/mol. The lowest BCUT2D eigenvalue weighted by atomic mass is 9.93. The molecule has 0 aromatic heterocycles. The number of unbranched alkanes of at least 4 members (excludes halogenated alkanes) is 8. The van der Waals surface area contributed by atoms with Crippen LogP contribution in [0, 0.1) is 5.92 Å². The van der Waals surface area contributed by atoms with Crippen molar-refractivity contribution in [3.8, 4) is 0 Å². The number of rotatable bonds is 18. The molecule has 3 nitrogen and oxygen atoms in total. The standard InChI is InChI=1S/C23H47NO2.C2H6/c1-6-9-11-13-14-16-18-21(17-15-12-10-7-2)22(25)24-20-19-23(4,5)26-8-3;1-2/h21H,6-20H2,1-5H3,(H,24,25);1-2H3. The predicted octanol–water partition coefficient (Wildman–Crippen LogP) is 7.67. The normalized spacial score (nSPS) is 12.2. The van der Waals surface area contributed by atoms with E-state index >= 15 is 0 Å². The van der Waals surface area contributed by atoms with Crippen molar-refractivity contribution in [1.82, 2.24) is 5.32 Å². The molecule has 1 N–H and O–H groups in total. The van der Waals surface area contributed by atoms with Gasteiger partial charge in [-0.2, -0.15) is 0 Å². The van der Waals surface area contributed by atoms with Gasteiger partial charge < -0.3 is 10.1 Å². The van der Waals surface area contributed by atoms with Crippen LogP contribution < -0.4 is 5.32 Å². The van der Waals surface area contributed by atoms with Gasteiger partial charge in [-0.15, -0.1) is 0 Å². The highest BCUT2D eigenvalue weighted by molar-refractivity contribution is 5.78. The van der Waals surface area contributed by atoms with Crippen LogP contribution in [0.4, 0.5) is 0 Å². The minimum absolute atomic E-state index is 0.155. The molecule has 0 saturated carbocycles. The summed E-state index contributed by atoms with van der Waals surface area (Å²) in [7, 11) is 0. The molecule has 1 atom stereocenters. The second-order valence-corrected chi connectivity index (χ2v) is 8.34. The Hall–Kier alpha value is -0.570. The van der Waals surface area contributed by atoms with E-state index in [-0.39, 0.29) is 17.4 Å². The van der Waals surface area contributed by atoms with Crippen molar-refractivity contribution >= 4 is 5.91 Å². The van der Waals surface area contributed by atoms with Gasteiger partial charge in [-0.1, -0.05) is 91.9 Å². The van der Waals surface area contributed by atoms with Crippen LogP contribution in [-0.4, -0.2) is 24.7 Å². The van der Waals surface area contributed by atoms with Crippen LogP contribution >= 0.6 is 0 Å². The third-order valence-corrected chi connectivity index (χ3v) is 5.24. The Labute approximate surface area is 177 Å². The molecule has 0 saturated heterocycles. The first-order chi connectivity index (χ1) is 13.5. The molecule has 0 aromatic carbocycles. The van der Waals surface area contributed by atoms with E-state index < -0.39 is 0 Å². The summed E-state index contributed by atoms with van der Waals surface area (Å²) >= 11 is 0. The summed E-state index contributed by atoms with van der Waals surface area (Å²) in [6.45, 7) is 16.1. The molecule has 0 radical (unpaired) electrons. The summed E-state index contributed by atoms with van der Waals surface area (Å²) in [6, 6.07) is 0. The molecule has 28 heavy (non-hydrogen) atoms. The van der Waals surface area contributed by atoms with Crippen LogP contribution in [0.3, 0.4) is 0 Å². The summed E-state index contributed by atoms with van der Waals surface area (Å²) in [5.74, 6) is 0.468. The number of nitrogens with one attached hydrogen (secondary N) is 1. The first-order valence-corrected chi connectivity index (χ1v) is 12.4. The Morgan fingerprint density at radius 1 is 0.821 bits per heavy atom. The molecule has 0 fully saturated rings. The molecule has 3 heteroatoms. The number of carbonyl (C=O) groups is 1. The van der Waals surface area contributed by atoms with Gasteiger partial charge in [0.1, 0.15) is 0 Å². The maximum Gasteiger partial charge on any atom is 0.223 e. The molecule has 170 valence electrons. The molecule has 0 heterocycles. The van der Waals surface area contributed by atoms with Crippen molar-refractivity contribution in [2.75, 3.05) is 13.2 Å². The third-order valence-electron chi connectivity index (χ3n) is 5.24. The van der Waals surface area contributed by atoms with Crippen molar-refractivity contribution in [2.45, 2.75) is 138 Å². The van der Waals surface area contributed by atoms with E-state index in [4.69, 9.17) is 4.74 Å². The highest BCUT2D eigenvalue weighted by atomic mass is 16.5. The van der Waals surface area contributed by atoms with Crippen LogP contribution in [0.2, 0.25) is 0 Å². The van der Waals surface area contributed by atoms with Gasteiger partial charge >= 0.3 is 0 Å². The minimum Gasteiger partial charge on any atom is -0.376 e. The quantitative estimate of drug-likeness (QED) is 0.240. The first kappa shape index (κ1) is 29.6. The zero-order chi connectivity index (χ0) is 21.7. The molecule has 1 amide bonds. The first-order valence-electron chi connectivity index (χ1n) is 12.4. The molecule has 0 aliphatic rings. The fourth-order valence-electron chi connectivity index (χ4n) is 3.49. The molecular formula is C25H53NO2. The predicted molar refractivity (Wildman–Crippen MR) is 125 cm³/mol. The lowest BCUT2D eigenvalue weighted by Gasteiger charge is -2.25. The van der Waals surface area contributed by atoms with Crippen LogP contribution in [0.1, 0.15) is 132 Å². The van der Waals surface area contributed by atoms with E-state index in [2.05, 4.69) is 33.0 Å². The SMILES string of the molecule is CC.CCCCCCCCC(CCCCCC)C(=O)NCCC(C)(C)OCC. The molecule has 0 aliphatic carbocycles. The van der Waals surface area contributed by atoms with E-state index in [1.165, 1.54) is 64.2 Å². The number of ether oxygens (including phenoxy) is 1. The topological polar surface area (TPSA) is 38.3 Å². The van der Waals surface area contributed by atoms with Crippen LogP contribution in [0.25, 0.3) is 0 Å². The third kappa shape index (κ3) is 18.8. The van der Waals surface area contributed by atoms with Gasteiger partial charge in [0.2, 0.25) is 5.91 Å². The van der Waals surface area contributed by atoms with E-state index in [0.29, 0.717) is 6.54 Å². The van der Waals surface area contributed by atoms with E-state index in [0.717, 1.165) is 25.9 Å². The summed E-state index contributed by atoms with van der Waals surface area (Å²) in [5.41, 5.74) is -0.155. The molecule has 0 bridgehead atoms. The zero-order valence-electron chi connectivity index (χ0n) is 20.5. The van der Waals surface area contributed by atoms with E-state index in [1.807, 2.05) is 20.8 Å². The van der Waals surface area contributed by atoms with Crippen molar-refractivity contribution in [1.29, 1.82) is 0 Å². The Kier molecular flexibility index (Phi) is 22.4. The Bertz CT molecular complexity index is 329. The van der Waals surface area contributed by atoms with Crippen LogP contribution in [0.15, 0.2) is 0 Å². The van der Waals surface area contributed by atoms with E-state index in [1.54, 1.807) is 0 Å². The average Bonchev–Trinajstić information content (AvgIpc) is 2.67. The number of hydrogen-bond acceptors (Lipinski definition) is 2. The summed E-state index contributed by atoms with van der Waals surface area (Å²) in [4.78, 5) is 12.7. The van der Waals surface area contributed by atoms with Gasteiger partial charge in [0.25, 0.3) is 0 Å². The highest BCUT2D eigenvalue weighted by Gasteiger charge is 2.20. The average molecular weight is 400 g/mol. The van der Waals surface area contributed by atoms with E-state index in [9.17, 15) is 4.79 Å². The van der Waals surface area contributed by atoms with Crippen molar-refractivity contribution in [3.63, 3.8) is 0 Å². The van der Waals surface area contributed by atoms with Gasteiger partial charge in [0, 0.05) is 19.1 Å². The zero-order valence-corrected chi connectivity index (χ0v) is 20.5. The number of hydrogen-bond donors (Lipinski definition) is 1. The fourth-order valence-corrected chi connectivity index (χ4v) is 3.49. The van der Waals surface area contributed by atoms with Gasteiger partial charge in [-0.3, -0.25) is 4.79 Å². The van der Waals surface area contributed by atoms with Crippen LogP contribution in [0.5, 0.6) is 0 Å². The minimum atomic E-state index is -0.155. The highest BCUT2D eigenvalue weighted by Crippen LogP contribution is 2.20. The smallest absolute Gasteiger partial charge is 0.223 e. The molecule has 0 aromatic rings. The van der Waals surface area contributed by atoms with Crippen LogP contribution in [-0.2, 0) is 9.53 Å². The summed E-state index contributed by atoms with van der Waals surface area (Å²) < 4.78 is 5.72. The summed E-state index contributed by atoms with van der Waals surface area (Å²) in [5, 5.41) is 3.18. The maximum atomic E-state index is 12.7. The largest absolute Gasteiger partial charge is 0.376 e. The molecule has 0 aliphatic heterocycles. The Balaban J connectivity index is 0. The molecule has 0 spiro atoms.